The van der Waals surface area contributed by atoms with Crippen molar-refractivity contribution in [2.75, 3.05) is 11.1 Å². The Morgan fingerprint density at radius 2 is 2.05 bits per heavy atom. The number of carboxylic acids is 1. The molecule has 3 N–H and O–H groups in total. The van der Waals surface area contributed by atoms with Crippen molar-refractivity contribution >= 4 is 35.2 Å². The van der Waals surface area contributed by atoms with Crippen LogP contribution in [-0.4, -0.2) is 39.9 Å². The van der Waals surface area contributed by atoms with E-state index in [9.17, 15) is 14.4 Å². The summed E-state index contributed by atoms with van der Waals surface area (Å²) in [6.07, 6.45) is 0.0255. The Morgan fingerprint density at radius 3 is 2.65 bits per heavy atom. The highest BCUT2D eigenvalue weighted by Crippen LogP contribution is 2.21. The SMILES string of the molecule is O=C(C[C@H]1SC[C@H](C(=O)O)NC1=O)Nc1ccccc1. The first-order valence-electron chi connectivity index (χ1n) is 6.06. The average Bonchev–Trinajstić information content (AvgIpc) is 2.42. The number of thioether (sulfide) groups is 1. The van der Waals surface area contributed by atoms with Gasteiger partial charge in [0, 0.05) is 17.9 Å². The van der Waals surface area contributed by atoms with Gasteiger partial charge in [-0.15, -0.1) is 11.8 Å². The minimum atomic E-state index is -1.06. The molecule has 0 bridgehead atoms. The summed E-state index contributed by atoms with van der Waals surface area (Å²) in [6, 6.07) is 8.08. The maximum atomic E-state index is 11.8. The molecular weight excluding hydrogens is 280 g/mol. The van der Waals surface area contributed by atoms with Crippen molar-refractivity contribution in [3.05, 3.63) is 30.3 Å². The van der Waals surface area contributed by atoms with E-state index in [1.165, 1.54) is 11.8 Å². The van der Waals surface area contributed by atoms with Crippen molar-refractivity contribution in [1.29, 1.82) is 0 Å². The van der Waals surface area contributed by atoms with Crippen molar-refractivity contribution in [2.45, 2.75) is 17.7 Å². The summed E-state index contributed by atoms with van der Waals surface area (Å²) < 4.78 is 0. The summed E-state index contributed by atoms with van der Waals surface area (Å²) in [5.74, 6) is -1.46. The number of amides is 2. The molecule has 20 heavy (non-hydrogen) atoms. The molecule has 106 valence electrons. The Labute approximate surface area is 119 Å². The molecular formula is C13H14N2O4S. The first-order valence-corrected chi connectivity index (χ1v) is 7.11. The zero-order valence-corrected chi connectivity index (χ0v) is 11.4. The second-order valence-corrected chi connectivity index (χ2v) is 5.58. The first-order chi connectivity index (χ1) is 9.56. The molecule has 1 fully saturated rings. The fourth-order valence-corrected chi connectivity index (χ4v) is 2.92. The van der Waals surface area contributed by atoms with Crippen LogP contribution in [0.25, 0.3) is 0 Å². The standard InChI is InChI=1S/C13H14N2O4S/c16-11(14-8-4-2-1-3-5-8)6-10-12(17)15-9(7-20-10)13(18)19/h1-5,9-10H,6-7H2,(H,14,16)(H,15,17)(H,18,19)/t9-,10-/m1/s1. The summed E-state index contributed by atoms with van der Waals surface area (Å²) in [5, 5.41) is 13.4. The van der Waals surface area contributed by atoms with E-state index in [4.69, 9.17) is 5.11 Å². The lowest BCUT2D eigenvalue weighted by Crippen LogP contribution is -2.51. The lowest BCUT2D eigenvalue weighted by Gasteiger charge is -2.25. The molecule has 0 spiro atoms. The summed E-state index contributed by atoms with van der Waals surface area (Å²) >= 11 is 1.19. The van der Waals surface area contributed by atoms with Crippen molar-refractivity contribution in [1.82, 2.24) is 5.32 Å². The van der Waals surface area contributed by atoms with E-state index in [2.05, 4.69) is 10.6 Å². The fraction of sp³-hybridized carbons (Fsp3) is 0.308. The van der Waals surface area contributed by atoms with Crippen LogP contribution in [0.3, 0.4) is 0 Å². The van der Waals surface area contributed by atoms with E-state index in [0.29, 0.717) is 5.69 Å². The molecule has 0 aliphatic carbocycles. The number of anilines is 1. The van der Waals surface area contributed by atoms with E-state index < -0.39 is 23.2 Å². The van der Waals surface area contributed by atoms with Gasteiger partial charge in [0.2, 0.25) is 11.8 Å². The van der Waals surface area contributed by atoms with Crippen LogP contribution in [0.5, 0.6) is 0 Å². The predicted octanol–water partition coefficient (Wildman–Crippen LogP) is 0.700. The molecule has 1 aromatic rings. The van der Waals surface area contributed by atoms with Crippen LogP contribution < -0.4 is 10.6 Å². The highest BCUT2D eigenvalue weighted by molar-refractivity contribution is 8.00. The zero-order valence-electron chi connectivity index (χ0n) is 10.5. The van der Waals surface area contributed by atoms with Crippen LogP contribution in [0.2, 0.25) is 0 Å². The van der Waals surface area contributed by atoms with Gasteiger partial charge in [0.15, 0.2) is 0 Å². The summed E-state index contributed by atoms with van der Waals surface area (Å²) in [5.41, 5.74) is 0.669. The predicted molar refractivity (Wildman–Crippen MR) is 75.5 cm³/mol. The quantitative estimate of drug-likeness (QED) is 0.760. The van der Waals surface area contributed by atoms with Crippen molar-refractivity contribution in [3.8, 4) is 0 Å². The number of carbonyl (C=O) groups excluding carboxylic acids is 2. The number of para-hydroxylation sites is 1. The Hall–Kier alpha value is -2.02. The van der Waals surface area contributed by atoms with E-state index in [1.807, 2.05) is 6.07 Å². The summed E-state index contributed by atoms with van der Waals surface area (Å²) in [7, 11) is 0. The second kappa shape index (κ2) is 6.42. The molecule has 0 saturated carbocycles. The summed E-state index contributed by atoms with van der Waals surface area (Å²) in [6.45, 7) is 0. The monoisotopic (exact) mass is 294 g/mol. The molecule has 2 atom stereocenters. The lowest BCUT2D eigenvalue weighted by molar-refractivity contribution is -0.141. The van der Waals surface area contributed by atoms with Gasteiger partial charge < -0.3 is 15.7 Å². The number of hydrogen-bond donors (Lipinski definition) is 3. The molecule has 0 unspecified atom stereocenters. The van der Waals surface area contributed by atoms with E-state index in [0.717, 1.165) is 0 Å². The molecule has 7 heteroatoms. The number of carboxylic acid groups (broad SMARTS) is 1. The minimum absolute atomic E-state index is 0.0255. The molecule has 2 rings (SSSR count). The first kappa shape index (κ1) is 14.4. The number of aliphatic carboxylic acids is 1. The van der Waals surface area contributed by atoms with Gasteiger partial charge in [-0.1, -0.05) is 18.2 Å². The Kier molecular flexibility index (Phi) is 4.62. The maximum absolute atomic E-state index is 11.8. The molecule has 2 amide bonds. The third kappa shape index (κ3) is 3.74. The fourth-order valence-electron chi connectivity index (χ4n) is 1.78. The normalized spacial score (nSPS) is 21.9. The third-order valence-electron chi connectivity index (χ3n) is 2.80. The van der Waals surface area contributed by atoms with Crippen LogP contribution in [0.1, 0.15) is 6.42 Å². The van der Waals surface area contributed by atoms with E-state index in [1.54, 1.807) is 24.3 Å². The van der Waals surface area contributed by atoms with Crippen molar-refractivity contribution in [3.63, 3.8) is 0 Å². The number of carbonyl (C=O) groups is 3. The summed E-state index contributed by atoms with van der Waals surface area (Å²) in [4.78, 5) is 34.3. The van der Waals surface area contributed by atoms with Crippen LogP contribution in [0, 0.1) is 0 Å². The molecule has 1 heterocycles. The zero-order chi connectivity index (χ0) is 14.5. The maximum Gasteiger partial charge on any atom is 0.327 e. The van der Waals surface area contributed by atoms with Crippen molar-refractivity contribution in [2.24, 2.45) is 0 Å². The van der Waals surface area contributed by atoms with Crippen molar-refractivity contribution < 1.29 is 19.5 Å². The van der Waals surface area contributed by atoms with Gasteiger partial charge in [-0.25, -0.2) is 4.79 Å². The molecule has 1 aromatic carbocycles. The van der Waals surface area contributed by atoms with Gasteiger partial charge in [0.1, 0.15) is 6.04 Å². The largest absolute Gasteiger partial charge is 0.480 e. The molecule has 1 saturated heterocycles. The third-order valence-corrected chi connectivity index (χ3v) is 4.11. The Bertz CT molecular complexity index is 520. The number of benzene rings is 1. The molecule has 6 nitrogen and oxygen atoms in total. The van der Waals surface area contributed by atoms with Crippen LogP contribution in [0.15, 0.2) is 30.3 Å². The highest BCUT2D eigenvalue weighted by atomic mass is 32.2. The van der Waals surface area contributed by atoms with Gasteiger partial charge in [0.05, 0.1) is 5.25 Å². The Balaban J connectivity index is 1.86. The van der Waals surface area contributed by atoms with E-state index in [-0.39, 0.29) is 18.1 Å². The topological polar surface area (TPSA) is 95.5 Å². The van der Waals surface area contributed by atoms with Gasteiger partial charge >= 0.3 is 5.97 Å². The highest BCUT2D eigenvalue weighted by Gasteiger charge is 2.33. The van der Waals surface area contributed by atoms with Gasteiger partial charge in [0.25, 0.3) is 0 Å². The number of hydrogen-bond acceptors (Lipinski definition) is 4. The molecule has 1 aliphatic rings. The second-order valence-electron chi connectivity index (χ2n) is 4.34. The van der Waals surface area contributed by atoms with Crippen LogP contribution in [0.4, 0.5) is 5.69 Å². The average molecular weight is 294 g/mol. The smallest absolute Gasteiger partial charge is 0.327 e. The van der Waals surface area contributed by atoms with Gasteiger partial charge in [-0.3, -0.25) is 9.59 Å². The van der Waals surface area contributed by atoms with Gasteiger partial charge in [-0.05, 0) is 12.1 Å². The molecule has 0 aromatic heterocycles. The number of rotatable bonds is 4. The van der Waals surface area contributed by atoms with E-state index >= 15 is 0 Å². The number of nitrogens with one attached hydrogen (secondary N) is 2. The van der Waals surface area contributed by atoms with Gasteiger partial charge in [-0.2, -0.15) is 0 Å². The molecule has 1 aliphatic heterocycles. The van der Waals surface area contributed by atoms with Crippen LogP contribution in [-0.2, 0) is 14.4 Å². The molecule has 0 radical (unpaired) electrons. The Morgan fingerprint density at radius 1 is 1.35 bits per heavy atom. The van der Waals surface area contributed by atoms with Crippen LogP contribution >= 0.6 is 11.8 Å². The lowest BCUT2D eigenvalue weighted by atomic mass is 10.2. The minimum Gasteiger partial charge on any atom is -0.480 e.